The van der Waals surface area contributed by atoms with Crippen molar-refractivity contribution in [1.82, 2.24) is 9.62 Å². The highest BCUT2D eigenvalue weighted by Crippen LogP contribution is 2.20. The molecule has 0 bridgehead atoms. The maximum atomic E-state index is 12.2. The zero-order valence-corrected chi connectivity index (χ0v) is 12.3. The van der Waals surface area contributed by atoms with Crippen LogP contribution in [0.3, 0.4) is 0 Å². The van der Waals surface area contributed by atoms with Gasteiger partial charge in [-0.05, 0) is 37.3 Å². The van der Waals surface area contributed by atoms with Gasteiger partial charge in [0.25, 0.3) is 0 Å². The number of nitrogens with zero attached hydrogens (tertiary/aromatic N) is 1. The van der Waals surface area contributed by atoms with E-state index < -0.39 is 10.0 Å². The topological polar surface area (TPSA) is 49.4 Å². The average molecular weight is 262 g/mol. The van der Waals surface area contributed by atoms with Gasteiger partial charge in [0.1, 0.15) is 0 Å². The second kappa shape index (κ2) is 5.67. The highest BCUT2D eigenvalue weighted by molar-refractivity contribution is 7.89. The molecule has 1 N–H and O–H groups in total. The maximum absolute atomic E-state index is 12.2. The van der Waals surface area contributed by atoms with Crippen LogP contribution in [0.4, 0.5) is 0 Å². The third kappa shape index (κ3) is 5.36. The van der Waals surface area contributed by atoms with E-state index in [1.165, 1.54) is 4.31 Å². The monoisotopic (exact) mass is 262 g/mol. The molecule has 0 saturated carbocycles. The molecule has 0 amide bonds. The minimum absolute atomic E-state index is 0.00986. The Hall–Kier alpha value is -0.130. The van der Waals surface area contributed by atoms with Crippen LogP contribution in [0.1, 0.15) is 33.6 Å². The van der Waals surface area contributed by atoms with Crippen LogP contribution in [0, 0.1) is 11.3 Å². The molecule has 102 valence electrons. The first kappa shape index (κ1) is 14.9. The van der Waals surface area contributed by atoms with Crippen molar-refractivity contribution in [3.8, 4) is 0 Å². The first-order chi connectivity index (χ1) is 7.71. The predicted octanol–water partition coefficient (Wildman–Crippen LogP) is 1.29. The minimum Gasteiger partial charge on any atom is -0.317 e. The zero-order chi connectivity index (χ0) is 13.1. The van der Waals surface area contributed by atoms with Crippen molar-refractivity contribution < 1.29 is 8.42 Å². The van der Waals surface area contributed by atoms with Gasteiger partial charge in [-0.25, -0.2) is 12.7 Å². The van der Waals surface area contributed by atoms with Crippen LogP contribution >= 0.6 is 0 Å². The summed E-state index contributed by atoms with van der Waals surface area (Å²) in [6.45, 7) is 8.66. The summed E-state index contributed by atoms with van der Waals surface area (Å²) in [6.07, 6.45) is 1.95. The van der Waals surface area contributed by atoms with E-state index in [9.17, 15) is 8.42 Å². The van der Waals surface area contributed by atoms with Crippen molar-refractivity contribution in [2.24, 2.45) is 11.3 Å². The molecule has 0 aliphatic carbocycles. The highest BCUT2D eigenvalue weighted by Gasteiger charge is 2.27. The molecule has 1 aliphatic rings. The number of rotatable bonds is 4. The lowest BCUT2D eigenvalue weighted by atomic mass is 9.97. The zero-order valence-electron chi connectivity index (χ0n) is 11.5. The van der Waals surface area contributed by atoms with Crippen LogP contribution in [-0.4, -0.2) is 45.2 Å². The molecule has 1 aliphatic heterocycles. The molecule has 0 aromatic carbocycles. The molecule has 17 heavy (non-hydrogen) atoms. The van der Waals surface area contributed by atoms with Crippen molar-refractivity contribution in [3.63, 3.8) is 0 Å². The standard InChI is InChI=1S/C12H26N2O2S/c1-12(2,3)10-14(4)17(15,16)9-11-5-7-13-8-6-11/h11,13H,5-10H2,1-4H3. The Balaban J connectivity index is 2.54. The van der Waals surface area contributed by atoms with E-state index in [1.807, 2.05) is 0 Å². The maximum Gasteiger partial charge on any atom is 0.214 e. The average Bonchev–Trinajstić information content (AvgIpc) is 2.15. The number of piperidine rings is 1. The Bertz CT molecular complexity index is 327. The molecule has 1 fully saturated rings. The molecule has 1 saturated heterocycles. The molecule has 0 aromatic heterocycles. The molecule has 5 heteroatoms. The second-order valence-corrected chi connectivity index (χ2v) is 8.41. The van der Waals surface area contributed by atoms with Crippen molar-refractivity contribution in [1.29, 1.82) is 0 Å². The molecule has 0 aromatic rings. The summed E-state index contributed by atoms with van der Waals surface area (Å²) in [5, 5.41) is 3.26. The number of nitrogens with one attached hydrogen (secondary N) is 1. The van der Waals surface area contributed by atoms with E-state index in [0.29, 0.717) is 18.2 Å². The van der Waals surface area contributed by atoms with E-state index in [2.05, 4.69) is 26.1 Å². The largest absolute Gasteiger partial charge is 0.317 e. The third-order valence-corrected chi connectivity index (χ3v) is 5.05. The summed E-state index contributed by atoms with van der Waals surface area (Å²) in [4.78, 5) is 0. The van der Waals surface area contributed by atoms with Gasteiger partial charge in [0.2, 0.25) is 10.0 Å². The van der Waals surface area contributed by atoms with Crippen LogP contribution in [0.15, 0.2) is 0 Å². The lowest BCUT2D eigenvalue weighted by molar-refractivity contribution is 0.306. The number of sulfonamides is 1. The van der Waals surface area contributed by atoms with Gasteiger partial charge in [0.05, 0.1) is 5.75 Å². The number of hydrogen-bond donors (Lipinski definition) is 1. The molecule has 1 heterocycles. The van der Waals surface area contributed by atoms with Crippen LogP contribution in [0.5, 0.6) is 0 Å². The van der Waals surface area contributed by atoms with Crippen molar-refractivity contribution in [2.45, 2.75) is 33.6 Å². The first-order valence-electron chi connectivity index (χ1n) is 6.35. The Kier molecular flexibility index (Phi) is 4.98. The molecular formula is C12H26N2O2S. The van der Waals surface area contributed by atoms with E-state index in [1.54, 1.807) is 7.05 Å². The van der Waals surface area contributed by atoms with Gasteiger partial charge in [-0.3, -0.25) is 0 Å². The second-order valence-electron chi connectivity index (χ2n) is 6.29. The van der Waals surface area contributed by atoms with Crippen LogP contribution < -0.4 is 5.32 Å². The SMILES string of the molecule is CN(CC(C)(C)C)S(=O)(=O)CC1CCNCC1. The lowest BCUT2D eigenvalue weighted by Crippen LogP contribution is -2.39. The normalized spacial score (nSPS) is 19.8. The van der Waals surface area contributed by atoms with E-state index in [-0.39, 0.29) is 5.41 Å². The molecule has 0 atom stereocenters. The fourth-order valence-electron chi connectivity index (χ4n) is 2.24. The molecule has 4 nitrogen and oxygen atoms in total. The predicted molar refractivity (Wildman–Crippen MR) is 71.5 cm³/mol. The van der Waals surface area contributed by atoms with Gasteiger partial charge >= 0.3 is 0 Å². The van der Waals surface area contributed by atoms with Crippen LogP contribution in [0.2, 0.25) is 0 Å². The Morgan fingerprint density at radius 1 is 1.24 bits per heavy atom. The summed E-state index contributed by atoms with van der Waals surface area (Å²) >= 11 is 0. The summed E-state index contributed by atoms with van der Waals surface area (Å²) in [5.74, 6) is 0.630. The Morgan fingerprint density at radius 3 is 2.24 bits per heavy atom. The molecule has 0 radical (unpaired) electrons. The Morgan fingerprint density at radius 2 is 1.76 bits per heavy atom. The fraction of sp³-hybridized carbons (Fsp3) is 1.00. The Labute approximate surface area is 106 Å². The third-order valence-electron chi connectivity index (χ3n) is 3.08. The van der Waals surface area contributed by atoms with Gasteiger partial charge in [-0.15, -0.1) is 0 Å². The smallest absolute Gasteiger partial charge is 0.214 e. The highest BCUT2D eigenvalue weighted by atomic mass is 32.2. The molecule has 0 spiro atoms. The first-order valence-corrected chi connectivity index (χ1v) is 7.96. The fourth-order valence-corrected chi connectivity index (χ4v) is 4.01. The summed E-state index contributed by atoms with van der Waals surface area (Å²) in [5.41, 5.74) is 0.00986. The van der Waals surface area contributed by atoms with Crippen LogP contribution in [0.25, 0.3) is 0 Å². The van der Waals surface area contributed by atoms with Gasteiger partial charge < -0.3 is 5.32 Å². The van der Waals surface area contributed by atoms with Crippen LogP contribution in [-0.2, 0) is 10.0 Å². The summed E-state index contributed by atoms with van der Waals surface area (Å²) in [7, 11) is -1.39. The van der Waals surface area contributed by atoms with E-state index in [0.717, 1.165) is 25.9 Å². The van der Waals surface area contributed by atoms with Crippen molar-refractivity contribution >= 4 is 10.0 Å². The molecule has 1 rings (SSSR count). The number of hydrogen-bond acceptors (Lipinski definition) is 3. The lowest BCUT2D eigenvalue weighted by Gasteiger charge is -2.29. The van der Waals surface area contributed by atoms with Gasteiger partial charge in [0.15, 0.2) is 0 Å². The molecule has 0 unspecified atom stereocenters. The minimum atomic E-state index is -3.09. The van der Waals surface area contributed by atoms with Gasteiger partial charge in [-0.1, -0.05) is 20.8 Å². The van der Waals surface area contributed by atoms with E-state index in [4.69, 9.17) is 0 Å². The van der Waals surface area contributed by atoms with Gasteiger partial charge in [-0.2, -0.15) is 0 Å². The van der Waals surface area contributed by atoms with Gasteiger partial charge in [0, 0.05) is 13.6 Å². The summed E-state index contributed by atoms with van der Waals surface area (Å²) < 4.78 is 25.9. The van der Waals surface area contributed by atoms with E-state index >= 15 is 0 Å². The molecular weight excluding hydrogens is 236 g/mol. The quantitative estimate of drug-likeness (QED) is 0.830. The van der Waals surface area contributed by atoms with Crippen molar-refractivity contribution in [2.75, 3.05) is 32.4 Å². The van der Waals surface area contributed by atoms with Crippen molar-refractivity contribution in [3.05, 3.63) is 0 Å². The summed E-state index contributed by atoms with van der Waals surface area (Å²) in [6, 6.07) is 0.